The molecular weight excluding hydrogens is 272 g/mol. The van der Waals surface area contributed by atoms with Crippen LogP contribution in [0.3, 0.4) is 0 Å². The fourth-order valence-electron chi connectivity index (χ4n) is 2.32. The van der Waals surface area contributed by atoms with Crippen LogP contribution in [-0.4, -0.2) is 25.0 Å². The Bertz CT molecular complexity index is 554. The van der Waals surface area contributed by atoms with Crippen LogP contribution < -0.4 is 10.6 Å². The minimum absolute atomic E-state index is 0.0145. The van der Waals surface area contributed by atoms with Crippen molar-refractivity contribution in [3.63, 3.8) is 0 Å². The van der Waals surface area contributed by atoms with Gasteiger partial charge >= 0.3 is 0 Å². The van der Waals surface area contributed by atoms with E-state index in [1.54, 1.807) is 0 Å². The third-order valence-corrected chi connectivity index (χ3v) is 3.65. The maximum atomic E-state index is 11.9. The van der Waals surface area contributed by atoms with E-state index in [0.29, 0.717) is 18.2 Å². The van der Waals surface area contributed by atoms with Crippen LogP contribution in [0.15, 0.2) is 60.7 Å². The van der Waals surface area contributed by atoms with Gasteiger partial charge in [0.1, 0.15) is 0 Å². The van der Waals surface area contributed by atoms with Crippen molar-refractivity contribution in [1.82, 2.24) is 10.6 Å². The van der Waals surface area contributed by atoms with Crippen molar-refractivity contribution in [2.45, 2.75) is 25.8 Å². The lowest BCUT2D eigenvalue weighted by Gasteiger charge is -2.14. The molecule has 1 atom stereocenters. The molecule has 0 aliphatic carbocycles. The number of hydrogen-bond acceptors (Lipinski definition) is 2. The van der Waals surface area contributed by atoms with Crippen LogP contribution in [0.5, 0.6) is 0 Å². The van der Waals surface area contributed by atoms with Crippen molar-refractivity contribution >= 4 is 5.91 Å². The summed E-state index contributed by atoms with van der Waals surface area (Å²) in [7, 11) is 0. The van der Waals surface area contributed by atoms with Crippen molar-refractivity contribution in [1.29, 1.82) is 0 Å². The zero-order valence-electron chi connectivity index (χ0n) is 13.1. The van der Waals surface area contributed by atoms with Gasteiger partial charge < -0.3 is 10.6 Å². The zero-order valence-corrected chi connectivity index (χ0v) is 13.1. The Kier molecular flexibility index (Phi) is 6.65. The lowest BCUT2D eigenvalue weighted by atomic mass is 10.1. The number of nitrogens with one attached hydrogen (secondary N) is 2. The van der Waals surface area contributed by atoms with Gasteiger partial charge in [0.25, 0.3) is 5.91 Å². The Morgan fingerprint density at radius 1 is 0.955 bits per heavy atom. The van der Waals surface area contributed by atoms with Crippen LogP contribution in [0.25, 0.3) is 0 Å². The summed E-state index contributed by atoms with van der Waals surface area (Å²) in [5.41, 5.74) is 2.08. The quantitative estimate of drug-likeness (QED) is 0.735. The van der Waals surface area contributed by atoms with E-state index in [2.05, 4.69) is 41.8 Å². The standard InChI is InChI=1S/C19H24N2O/c1-16(12-13-17-8-4-2-5-9-17)20-14-15-21-19(22)18-10-6-3-7-11-18/h2-11,16,20H,12-15H2,1H3,(H,21,22)/t16-/m0/s1. The molecule has 0 saturated heterocycles. The van der Waals surface area contributed by atoms with Crippen molar-refractivity contribution in [3.05, 3.63) is 71.8 Å². The average molecular weight is 296 g/mol. The molecule has 2 N–H and O–H groups in total. The SMILES string of the molecule is C[C@@H](CCc1ccccc1)NCCNC(=O)c1ccccc1. The molecule has 2 rings (SSSR count). The molecule has 0 bridgehead atoms. The fraction of sp³-hybridized carbons (Fsp3) is 0.316. The van der Waals surface area contributed by atoms with E-state index in [0.717, 1.165) is 19.4 Å². The molecule has 0 aliphatic heterocycles. The number of rotatable bonds is 8. The van der Waals surface area contributed by atoms with Gasteiger partial charge in [-0.3, -0.25) is 4.79 Å². The number of aryl methyl sites for hydroxylation is 1. The Labute approximate surface area is 132 Å². The van der Waals surface area contributed by atoms with Gasteiger partial charge in [0.15, 0.2) is 0 Å². The summed E-state index contributed by atoms with van der Waals surface area (Å²) in [6, 6.07) is 20.3. The largest absolute Gasteiger partial charge is 0.351 e. The van der Waals surface area contributed by atoms with Gasteiger partial charge in [-0.25, -0.2) is 0 Å². The fourth-order valence-corrected chi connectivity index (χ4v) is 2.32. The van der Waals surface area contributed by atoms with Gasteiger partial charge in [-0.05, 0) is 37.5 Å². The van der Waals surface area contributed by atoms with Crippen LogP contribution >= 0.6 is 0 Å². The molecule has 3 heteroatoms. The van der Waals surface area contributed by atoms with Gasteiger partial charge in [0.05, 0.1) is 0 Å². The van der Waals surface area contributed by atoms with E-state index in [-0.39, 0.29) is 5.91 Å². The predicted octanol–water partition coefficient (Wildman–Crippen LogP) is 3.03. The van der Waals surface area contributed by atoms with E-state index in [1.807, 2.05) is 36.4 Å². The van der Waals surface area contributed by atoms with E-state index >= 15 is 0 Å². The van der Waals surface area contributed by atoms with Crippen LogP contribution in [0.2, 0.25) is 0 Å². The van der Waals surface area contributed by atoms with Gasteiger partial charge in [-0.15, -0.1) is 0 Å². The van der Waals surface area contributed by atoms with E-state index in [1.165, 1.54) is 5.56 Å². The Morgan fingerprint density at radius 3 is 2.27 bits per heavy atom. The molecule has 0 aliphatic rings. The Balaban J connectivity index is 1.59. The smallest absolute Gasteiger partial charge is 0.251 e. The third kappa shape index (κ3) is 5.70. The summed E-state index contributed by atoms with van der Waals surface area (Å²) in [6.45, 7) is 3.61. The van der Waals surface area contributed by atoms with Crippen LogP contribution in [0, 0.1) is 0 Å². The number of carbonyl (C=O) groups excluding carboxylic acids is 1. The number of benzene rings is 2. The van der Waals surface area contributed by atoms with Crippen molar-refractivity contribution in [2.75, 3.05) is 13.1 Å². The van der Waals surface area contributed by atoms with Crippen LogP contribution in [0.4, 0.5) is 0 Å². The number of amides is 1. The van der Waals surface area contributed by atoms with Gasteiger partial charge in [-0.1, -0.05) is 48.5 Å². The number of hydrogen-bond donors (Lipinski definition) is 2. The van der Waals surface area contributed by atoms with Crippen LogP contribution in [0.1, 0.15) is 29.3 Å². The molecule has 22 heavy (non-hydrogen) atoms. The summed E-state index contributed by atoms with van der Waals surface area (Å²) < 4.78 is 0. The highest BCUT2D eigenvalue weighted by atomic mass is 16.1. The zero-order chi connectivity index (χ0) is 15.6. The highest BCUT2D eigenvalue weighted by Gasteiger charge is 2.04. The molecule has 0 saturated carbocycles. The summed E-state index contributed by atoms with van der Waals surface area (Å²) in [5, 5.41) is 6.37. The van der Waals surface area contributed by atoms with Crippen molar-refractivity contribution < 1.29 is 4.79 Å². The molecule has 0 radical (unpaired) electrons. The number of carbonyl (C=O) groups is 1. The van der Waals surface area contributed by atoms with Gasteiger partial charge in [-0.2, -0.15) is 0 Å². The van der Waals surface area contributed by atoms with Crippen LogP contribution in [-0.2, 0) is 6.42 Å². The molecule has 0 fully saturated rings. The molecule has 0 spiro atoms. The lowest BCUT2D eigenvalue weighted by molar-refractivity contribution is 0.0953. The normalized spacial score (nSPS) is 11.9. The topological polar surface area (TPSA) is 41.1 Å². The van der Waals surface area contributed by atoms with Crippen molar-refractivity contribution in [3.8, 4) is 0 Å². The second-order valence-corrected chi connectivity index (χ2v) is 5.50. The highest BCUT2D eigenvalue weighted by molar-refractivity contribution is 5.94. The highest BCUT2D eigenvalue weighted by Crippen LogP contribution is 2.04. The third-order valence-electron chi connectivity index (χ3n) is 3.65. The van der Waals surface area contributed by atoms with Crippen molar-refractivity contribution in [2.24, 2.45) is 0 Å². The first kappa shape index (κ1) is 16.2. The summed E-state index contributed by atoms with van der Waals surface area (Å²) in [5.74, 6) is -0.0145. The molecule has 0 heterocycles. The molecule has 2 aromatic carbocycles. The molecule has 2 aromatic rings. The Morgan fingerprint density at radius 2 is 1.59 bits per heavy atom. The molecule has 1 amide bonds. The first-order valence-corrected chi connectivity index (χ1v) is 7.86. The second kappa shape index (κ2) is 9.00. The first-order valence-electron chi connectivity index (χ1n) is 7.86. The maximum Gasteiger partial charge on any atom is 0.251 e. The average Bonchev–Trinajstić information content (AvgIpc) is 2.58. The monoisotopic (exact) mass is 296 g/mol. The predicted molar refractivity (Wildman–Crippen MR) is 91.0 cm³/mol. The molecular formula is C19H24N2O. The van der Waals surface area contributed by atoms with E-state index in [9.17, 15) is 4.79 Å². The summed E-state index contributed by atoms with van der Waals surface area (Å²) >= 11 is 0. The summed E-state index contributed by atoms with van der Waals surface area (Å²) in [6.07, 6.45) is 2.17. The molecule has 116 valence electrons. The second-order valence-electron chi connectivity index (χ2n) is 5.50. The minimum atomic E-state index is -0.0145. The van der Waals surface area contributed by atoms with Gasteiger partial charge in [0.2, 0.25) is 0 Å². The van der Waals surface area contributed by atoms with E-state index < -0.39 is 0 Å². The Hall–Kier alpha value is -2.13. The molecule has 3 nitrogen and oxygen atoms in total. The maximum absolute atomic E-state index is 11.9. The van der Waals surface area contributed by atoms with E-state index in [4.69, 9.17) is 0 Å². The molecule has 0 unspecified atom stereocenters. The lowest BCUT2D eigenvalue weighted by Crippen LogP contribution is -2.36. The minimum Gasteiger partial charge on any atom is -0.351 e. The molecule has 0 aromatic heterocycles. The first-order chi connectivity index (χ1) is 10.8. The van der Waals surface area contributed by atoms with Gasteiger partial charge in [0, 0.05) is 24.7 Å². The summed E-state index contributed by atoms with van der Waals surface area (Å²) in [4.78, 5) is 11.9.